The Kier molecular flexibility index (Phi) is 4.86. The zero-order valence-corrected chi connectivity index (χ0v) is 15.3. The minimum atomic E-state index is -0.392. The van der Waals surface area contributed by atoms with Crippen molar-refractivity contribution in [3.8, 4) is 11.5 Å². The number of nitrogens with zero attached hydrogens (tertiary/aromatic N) is 1. The van der Waals surface area contributed by atoms with Crippen LogP contribution in [0.1, 0.15) is 0 Å². The largest absolute Gasteiger partial charge is 0.497 e. The number of amides is 2. The van der Waals surface area contributed by atoms with Crippen LogP contribution in [0.2, 0.25) is 0 Å². The Balaban J connectivity index is 1.75. The van der Waals surface area contributed by atoms with Gasteiger partial charge in [-0.15, -0.1) is 0 Å². The number of carbonyl (C=O) groups excluding carboxylic acids is 1. The molecule has 0 spiro atoms. The summed E-state index contributed by atoms with van der Waals surface area (Å²) in [6.07, 6.45) is 0. The number of benzene rings is 2. The molecule has 2 amide bonds. The highest BCUT2D eigenvalue weighted by atomic mass is 79.9. The molecule has 0 radical (unpaired) electrons. The molecule has 0 saturated carbocycles. The van der Waals surface area contributed by atoms with Crippen LogP contribution in [-0.2, 0) is 0 Å². The van der Waals surface area contributed by atoms with E-state index < -0.39 is 6.03 Å². The summed E-state index contributed by atoms with van der Waals surface area (Å²) in [4.78, 5) is 16.6. The van der Waals surface area contributed by atoms with Gasteiger partial charge in [0.2, 0.25) is 0 Å². The lowest BCUT2D eigenvalue weighted by Gasteiger charge is -2.11. The molecule has 124 valence electrons. The highest BCUT2D eigenvalue weighted by molar-refractivity contribution is 9.10. The van der Waals surface area contributed by atoms with E-state index in [0.717, 1.165) is 14.7 Å². The number of nitrogens with one attached hydrogen (secondary N) is 2. The number of urea groups is 1. The van der Waals surface area contributed by atoms with Crippen LogP contribution in [0.3, 0.4) is 0 Å². The number of thiazole rings is 1. The van der Waals surface area contributed by atoms with Crippen LogP contribution in [0.4, 0.5) is 15.6 Å². The lowest BCUT2D eigenvalue weighted by molar-refractivity contribution is 0.262. The van der Waals surface area contributed by atoms with Gasteiger partial charge < -0.3 is 14.8 Å². The van der Waals surface area contributed by atoms with Crippen molar-refractivity contribution in [1.29, 1.82) is 0 Å². The van der Waals surface area contributed by atoms with Crippen LogP contribution in [-0.4, -0.2) is 25.2 Å². The van der Waals surface area contributed by atoms with Crippen molar-refractivity contribution in [2.75, 3.05) is 24.9 Å². The second kappa shape index (κ2) is 7.06. The maximum atomic E-state index is 12.2. The molecule has 3 aromatic rings. The van der Waals surface area contributed by atoms with Gasteiger partial charge in [0.25, 0.3) is 0 Å². The van der Waals surface area contributed by atoms with Crippen molar-refractivity contribution >= 4 is 54.3 Å². The van der Waals surface area contributed by atoms with Gasteiger partial charge in [-0.3, -0.25) is 5.32 Å². The molecule has 0 bridgehead atoms. The van der Waals surface area contributed by atoms with E-state index in [9.17, 15) is 4.79 Å². The number of fused-ring (bicyclic) bond motifs is 1. The van der Waals surface area contributed by atoms with Gasteiger partial charge in [-0.2, -0.15) is 0 Å². The van der Waals surface area contributed by atoms with Gasteiger partial charge >= 0.3 is 6.03 Å². The molecule has 8 heteroatoms. The number of hydrogen-bond donors (Lipinski definition) is 2. The number of halogens is 1. The van der Waals surface area contributed by atoms with Crippen LogP contribution < -0.4 is 20.1 Å². The number of carbonyl (C=O) groups is 1. The van der Waals surface area contributed by atoms with Gasteiger partial charge in [-0.25, -0.2) is 9.78 Å². The molecule has 2 N–H and O–H groups in total. The summed E-state index contributed by atoms with van der Waals surface area (Å²) in [5.41, 5.74) is 1.38. The standard InChI is InChI=1S/C16H14BrN3O3S/c1-22-10-4-6-11(13(8-10)23-2)18-15(21)20-16-19-12-5-3-9(17)7-14(12)24-16/h3-8H,1-2H3,(H2,18,19,20,21). The first-order valence-electron chi connectivity index (χ1n) is 6.95. The van der Waals surface area contributed by atoms with Crippen LogP contribution in [0.5, 0.6) is 11.5 Å². The highest BCUT2D eigenvalue weighted by Gasteiger charge is 2.11. The second-order valence-corrected chi connectivity index (χ2v) is 6.72. The Bertz CT molecular complexity index is 897. The van der Waals surface area contributed by atoms with Crippen molar-refractivity contribution in [3.05, 3.63) is 40.9 Å². The third-order valence-electron chi connectivity index (χ3n) is 3.23. The maximum Gasteiger partial charge on any atom is 0.325 e. The Labute approximate surface area is 150 Å². The Morgan fingerprint density at radius 1 is 1.12 bits per heavy atom. The summed E-state index contributed by atoms with van der Waals surface area (Å²) in [6.45, 7) is 0. The number of aromatic nitrogens is 1. The molecule has 2 aromatic carbocycles. The first kappa shape index (κ1) is 16.5. The van der Waals surface area contributed by atoms with Gasteiger partial charge in [0.1, 0.15) is 11.5 Å². The van der Waals surface area contributed by atoms with Crippen molar-refractivity contribution in [1.82, 2.24) is 4.98 Å². The minimum absolute atomic E-state index is 0.392. The van der Waals surface area contributed by atoms with Crippen LogP contribution in [0, 0.1) is 0 Å². The molecule has 0 saturated heterocycles. The van der Waals surface area contributed by atoms with Gasteiger partial charge in [-0.05, 0) is 30.3 Å². The van der Waals surface area contributed by atoms with Crippen LogP contribution in [0.25, 0.3) is 10.2 Å². The smallest absolute Gasteiger partial charge is 0.325 e. The number of anilines is 2. The summed E-state index contributed by atoms with van der Waals surface area (Å²) in [7, 11) is 3.10. The fourth-order valence-corrected chi connectivity index (χ4v) is 3.52. The minimum Gasteiger partial charge on any atom is -0.497 e. The van der Waals surface area contributed by atoms with Crippen molar-refractivity contribution in [3.63, 3.8) is 0 Å². The fourth-order valence-electron chi connectivity index (χ4n) is 2.10. The van der Waals surface area contributed by atoms with Crippen molar-refractivity contribution in [2.45, 2.75) is 0 Å². The SMILES string of the molecule is COc1ccc(NC(=O)Nc2nc3ccc(Br)cc3s2)c(OC)c1. The molecule has 0 fully saturated rings. The van der Waals surface area contributed by atoms with Gasteiger partial charge in [-0.1, -0.05) is 27.3 Å². The second-order valence-electron chi connectivity index (χ2n) is 4.78. The van der Waals surface area contributed by atoms with Crippen LogP contribution in [0.15, 0.2) is 40.9 Å². The lowest BCUT2D eigenvalue weighted by Crippen LogP contribution is -2.19. The van der Waals surface area contributed by atoms with Crippen LogP contribution >= 0.6 is 27.3 Å². The first-order valence-corrected chi connectivity index (χ1v) is 8.56. The third kappa shape index (κ3) is 3.60. The van der Waals surface area contributed by atoms with E-state index in [4.69, 9.17) is 9.47 Å². The van der Waals surface area contributed by atoms with E-state index >= 15 is 0 Å². The molecule has 3 rings (SSSR count). The molecule has 6 nitrogen and oxygen atoms in total. The Hall–Kier alpha value is -2.32. The topological polar surface area (TPSA) is 72.5 Å². The number of methoxy groups -OCH3 is 2. The molecule has 0 unspecified atom stereocenters. The Morgan fingerprint density at radius 2 is 1.96 bits per heavy atom. The normalized spacial score (nSPS) is 10.5. The average molecular weight is 408 g/mol. The van der Waals surface area contributed by atoms with Gasteiger partial charge in [0, 0.05) is 10.5 Å². The third-order valence-corrected chi connectivity index (χ3v) is 4.65. The molecule has 1 heterocycles. The Morgan fingerprint density at radius 3 is 2.71 bits per heavy atom. The summed E-state index contributed by atoms with van der Waals surface area (Å²) in [6, 6.07) is 10.5. The monoisotopic (exact) mass is 407 g/mol. The molecule has 1 aromatic heterocycles. The zero-order chi connectivity index (χ0) is 17.1. The van der Waals surface area contributed by atoms with Crippen molar-refractivity contribution in [2.24, 2.45) is 0 Å². The zero-order valence-electron chi connectivity index (χ0n) is 12.9. The summed E-state index contributed by atoms with van der Waals surface area (Å²) in [5, 5.41) is 6.00. The molecular weight excluding hydrogens is 394 g/mol. The summed E-state index contributed by atoms with van der Waals surface area (Å²) < 4.78 is 12.4. The van der Waals surface area contributed by atoms with Gasteiger partial charge in [0.05, 0.1) is 30.1 Å². The van der Waals surface area contributed by atoms with E-state index in [1.54, 1.807) is 25.3 Å². The van der Waals surface area contributed by atoms with E-state index in [0.29, 0.717) is 22.3 Å². The predicted molar refractivity (Wildman–Crippen MR) is 99.5 cm³/mol. The molecule has 0 aliphatic carbocycles. The molecular formula is C16H14BrN3O3S. The maximum absolute atomic E-state index is 12.2. The quantitative estimate of drug-likeness (QED) is 0.655. The number of rotatable bonds is 4. The first-order chi connectivity index (χ1) is 11.6. The van der Waals surface area contributed by atoms with E-state index in [-0.39, 0.29) is 0 Å². The van der Waals surface area contributed by atoms with E-state index in [2.05, 4.69) is 31.5 Å². The summed E-state index contributed by atoms with van der Waals surface area (Å²) >= 11 is 4.82. The van der Waals surface area contributed by atoms with Crippen molar-refractivity contribution < 1.29 is 14.3 Å². The van der Waals surface area contributed by atoms with Gasteiger partial charge in [0.15, 0.2) is 5.13 Å². The lowest BCUT2D eigenvalue weighted by atomic mass is 10.2. The highest BCUT2D eigenvalue weighted by Crippen LogP contribution is 2.30. The molecule has 0 aliphatic heterocycles. The van der Waals surface area contributed by atoms with E-state index in [1.807, 2.05) is 18.2 Å². The molecule has 0 aliphatic rings. The average Bonchev–Trinajstić information content (AvgIpc) is 2.96. The van der Waals surface area contributed by atoms with E-state index in [1.165, 1.54) is 18.4 Å². The molecule has 0 atom stereocenters. The summed E-state index contributed by atoms with van der Waals surface area (Å²) in [5.74, 6) is 1.16. The molecule has 24 heavy (non-hydrogen) atoms. The fraction of sp³-hybridized carbons (Fsp3) is 0.125. The predicted octanol–water partition coefficient (Wildman–Crippen LogP) is 4.72. The number of hydrogen-bond acceptors (Lipinski definition) is 5. The number of ether oxygens (including phenoxy) is 2.